The van der Waals surface area contributed by atoms with Gasteiger partial charge in [0.1, 0.15) is 24.4 Å². The molecule has 0 bridgehead atoms. The van der Waals surface area contributed by atoms with Crippen LogP contribution in [-0.4, -0.2) is 122 Å². The molecule has 6 unspecified atom stereocenters. The van der Waals surface area contributed by atoms with E-state index in [2.05, 4.69) is 141 Å². The topological polar surface area (TPSA) is 216 Å². The van der Waals surface area contributed by atoms with Crippen LogP contribution in [-0.2, 0) is 72.4 Å². The summed E-state index contributed by atoms with van der Waals surface area (Å²) in [5.74, 6) is -0.220. The number of hydrogen-bond acceptors (Lipinski definition) is 12. The lowest BCUT2D eigenvalue weighted by atomic mass is 9.75. The first-order chi connectivity index (χ1) is 39.8. The summed E-state index contributed by atoms with van der Waals surface area (Å²) in [5.41, 5.74) is 20.2. The van der Waals surface area contributed by atoms with Crippen LogP contribution in [0.2, 0.25) is 0 Å². The first-order valence-electron chi connectivity index (χ1n) is 28.6. The summed E-state index contributed by atoms with van der Waals surface area (Å²) in [7, 11) is -1.13. The number of benzene rings is 6. The minimum Gasteiger partial charge on any atom is -0.760 e. The fourth-order valence-corrected chi connectivity index (χ4v) is 14.8. The molecule has 84 heavy (non-hydrogen) atoms. The third-order valence-corrected chi connectivity index (χ3v) is 21.7. The molecule has 0 heterocycles. The van der Waals surface area contributed by atoms with E-state index in [9.17, 15) is 34.4 Å². The molecule has 6 atom stereocenters. The first kappa shape index (κ1) is 62.2. The summed E-state index contributed by atoms with van der Waals surface area (Å²) < 4.78 is 132. The van der Waals surface area contributed by atoms with E-state index in [1.165, 1.54) is 53.5 Å². The molecule has 2 N–H and O–H groups in total. The van der Waals surface area contributed by atoms with Crippen LogP contribution in [0.25, 0.3) is 55.6 Å². The lowest BCUT2D eigenvalue weighted by Gasteiger charge is -2.37. The van der Waals surface area contributed by atoms with Crippen molar-refractivity contribution in [2.75, 3.05) is 79.2 Å². The monoisotopic (exact) mass is 1220 g/mol. The number of rotatable bonds is 25. The predicted octanol–water partition coefficient (Wildman–Crippen LogP) is 10.3. The van der Waals surface area contributed by atoms with Gasteiger partial charge in [0.2, 0.25) is 20.0 Å². The summed E-state index contributed by atoms with van der Waals surface area (Å²) >= 11 is -4.76. The Hall–Kier alpha value is -4.88. The van der Waals surface area contributed by atoms with E-state index >= 15 is 0 Å². The molecule has 0 saturated heterocycles. The fourth-order valence-electron chi connectivity index (χ4n) is 12.8. The van der Waals surface area contributed by atoms with Gasteiger partial charge in [-0.15, -0.1) is 0 Å². The third kappa shape index (κ3) is 12.2. The zero-order valence-electron chi connectivity index (χ0n) is 49.5. The van der Waals surface area contributed by atoms with Crippen molar-refractivity contribution in [2.45, 2.75) is 102 Å². The van der Waals surface area contributed by atoms with Crippen LogP contribution < -0.4 is 9.44 Å². The minimum absolute atomic E-state index is 0.0995. The van der Waals surface area contributed by atoms with E-state index in [0.717, 1.165) is 94.6 Å². The average molecular weight is 1220 g/mol. The van der Waals surface area contributed by atoms with Crippen molar-refractivity contribution in [3.8, 4) is 55.6 Å². The van der Waals surface area contributed by atoms with E-state index in [0.29, 0.717) is 12.8 Å². The maximum atomic E-state index is 12.7. The smallest absolute Gasteiger partial charge is 0.211 e. The normalized spacial score (nSPS) is 19.5. The molecule has 0 aromatic heterocycles. The molecule has 0 fully saturated rings. The Morgan fingerprint density at radius 3 is 1.24 bits per heavy atom. The number of aryl methyl sites for hydroxylation is 2. The lowest BCUT2D eigenvalue weighted by Crippen LogP contribution is -2.27. The second-order valence-electron chi connectivity index (χ2n) is 23.7. The molecule has 4 aliphatic rings. The molecule has 0 aliphatic heterocycles. The lowest BCUT2D eigenvalue weighted by molar-refractivity contribution is -0.0798. The quantitative estimate of drug-likeness (QED) is 0.0404. The minimum atomic E-state index is -3.51. The summed E-state index contributed by atoms with van der Waals surface area (Å²) in [5, 5.41) is 0. The summed E-state index contributed by atoms with van der Waals surface area (Å²) in [4.78, 5) is 0. The van der Waals surface area contributed by atoms with Crippen LogP contribution in [0.1, 0.15) is 133 Å². The van der Waals surface area contributed by atoms with Gasteiger partial charge in [0.15, 0.2) is 0 Å². The molecule has 0 radical (unpaired) electrons. The SMILES string of the molecule is CNS(=O)(=O)CCCOC1c2cc(C)ccc2-c2cc3c(cc2C1OCCCN(C)S(=O)[O-])-c1ccc(-c2ccc4c(c2)C(OCCCS(=O)(=O)NC)C(OCCCN(C)S(=O)[O-])c2cc5c(cc2-4)C(C)(C)c2cc(C)ccc2-5)cc1C3(C)C. The number of sulfonamides is 2. The zero-order chi connectivity index (χ0) is 60.2. The first-order valence-corrected chi connectivity index (χ1v) is 34.0. The van der Waals surface area contributed by atoms with Crippen LogP contribution in [0, 0.1) is 13.8 Å². The third-order valence-electron chi connectivity index (χ3n) is 17.5. The summed E-state index contributed by atoms with van der Waals surface area (Å²) in [6.45, 7) is 14.4. The number of ether oxygens (including phenoxy) is 4. The highest BCUT2D eigenvalue weighted by Gasteiger charge is 2.44. The van der Waals surface area contributed by atoms with Gasteiger partial charge in [0.25, 0.3) is 0 Å². The maximum absolute atomic E-state index is 12.7. The molecule has 10 rings (SSSR count). The van der Waals surface area contributed by atoms with Gasteiger partial charge in [-0.05, 0) is 204 Å². The van der Waals surface area contributed by atoms with Crippen molar-refractivity contribution in [1.29, 1.82) is 0 Å². The van der Waals surface area contributed by atoms with Crippen LogP contribution in [0.5, 0.6) is 0 Å². The molecular formula is C64H76N4O12S4-2. The Morgan fingerprint density at radius 2 is 0.798 bits per heavy atom. The summed E-state index contributed by atoms with van der Waals surface area (Å²) in [6, 6.07) is 35.1. The van der Waals surface area contributed by atoms with E-state index in [1.807, 2.05) is 6.92 Å². The summed E-state index contributed by atoms with van der Waals surface area (Å²) in [6.07, 6.45) is -1.15. The van der Waals surface area contributed by atoms with Crippen LogP contribution >= 0.6 is 0 Å². The van der Waals surface area contributed by atoms with Crippen LogP contribution in [0.15, 0.2) is 97.1 Å². The average Bonchev–Trinajstić information content (AvgIpc) is 1.51. The van der Waals surface area contributed by atoms with Crippen molar-refractivity contribution in [1.82, 2.24) is 18.1 Å². The van der Waals surface area contributed by atoms with Gasteiger partial charge in [-0.25, -0.2) is 34.9 Å². The van der Waals surface area contributed by atoms with Crippen molar-refractivity contribution >= 4 is 42.6 Å². The maximum Gasteiger partial charge on any atom is 0.211 e. The van der Waals surface area contributed by atoms with E-state index < -0.39 is 72.4 Å². The number of nitrogens with zero attached hydrogens (tertiary/aromatic N) is 2. The molecule has 6 aromatic rings. The zero-order valence-corrected chi connectivity index (χ0v) is 52.7. The number of hydrogen-bond donors (Lipinski definition) is 2. The Balaban J connectivity index is 1.06. The number of nitrogens with one attached hydrogen (secondary N) is 2. The van der Waals surface area contributed by atoms with Crippen LogP contribution in [0.4, 0.5) is 0 Å². The highest BCUT2D eigenvalue weighted by molar-refractivity contribution is 7.89. The van der Waals surface area contributed by atoms with Gasteiger partial charge < -0.3 is 28.1 Å². The standard InChI is InChI=1S/C64H78N4O12S4/c1-39-15-19-43-47-37-58-50(36-53(47)61(77-25-11-23-67(9)81(69)70)59(51(43)31-39)79-27-13-29-83(73,74)65-7)46-22-18-42(34-56(46)64(58,5)6)41-17-21-44-48-38-57-49(45-20-16-40(2)32-55(45)63(57,3)4)35-54(48)62(78-26-12-24-68(10)82(71)72)60(52(44)33-41)80-28-14-30-84(75,76)66-8/h15-22,31-38,59-62,65-66H,11-14,23-30H2,1-10H3,(H,69,70)(H,71,72)/p-2. The highest BCUT2D eigenvalue weighted by atomic mass is 32.2. The van der Waals surface area contributed by atoms with Crippen LogP contribution in [0.3, 0.4) is 0 Å². The molecule has 0 amide bonds. The highest BCUT2D eigenvalue weighted by Crippen LogP contribution is 2.58. The fraction of sp³-hybridized carbons (Fsp3) is 0.438. The van der Waals surface area contributed by atoms with Crippen molar-refractivity contribution in [3.05, 3.63) is 153 Å². The van der Waals surface area contributed by atoms with Gasteiger partial charge in [0, 0.05) is 72.9 Å². The number of fused-ring (bicyclic) bond motifs is 12. The van der Waals surface area contributed by atoms with Gasteiger partial charge >= 0.3 is 0 Å². The largest absolute Gasteiger partial charge is 0.760 e. The van der Waals surface area contributed by atoms with E-state index in [4.69, 9.17) is 18.9 Å². The molecular weight excluding hydrogens is 1140 g/mol. The Bertz CT molecular complexity index is 3790. The molecule has 4 aliphatic carbocycles. The predicted molar refractivity (Wildman–Crippen MR) is 329 cm³/mol. The van der Waals surface area contributed by atoms with Crippen molar-refractivity contribution in [3.63, 3.8) is 0 Å². The van der Waals surface area contributed by atoms with Crippen molar-refractivity contribution in [2.24, 2.45) is 0 Å². The van der Waals surface area contributed by atoms with Gasteiger partial charge in [-0.1, -0.05) is 99.5 Å². The van der Waals surface area contributed by atoms with Gasteiger partial charge in [-0.3, -0.25) is 8.42 Å². The second-order valence-corrected chi connectivity index (χ2v) is 29.9. The van der Waals surface area contributed by atoms with Gasteiger partial charge in [-0.2, -0.15) is 0 Å². The molecule has 0 spiro atoms. The Morgan fingerprint density at radius 1 is 0.452 bits per heavy atom. The molecule has 6 aromatic carbocycles. The van der Waals surface area contributed by atoms with Gasteiger partial charge in [0.05, 0.1) is 11.5 Å². The molecule has 450 valence electrons. The molecule has 0 saturated carbocycles. The molecule has 20 heteroatoms. The molecule has 16 nitrogen and oxygen atoms in total. The Labute approximate surface area is 501 Å². The van der Waals surface area contributed by atoms with E-state index in [1.54, 1.807) is 0 Å². The van der Waals surface area contributed by atoms with E-state index in [-0.39, 0.29) is 69.3 Å². The second kappa shape index (κ2) is 24.7. The van der Waals surface area contributed by atoms with Crippen molar-refractivity contribution < 1.29 is 53.3 Å². The Kier molecular flexibility index (Phi) is 18.3.